The average molecular weight is 673 g/mol. The number of nitrogens with two attached hydrogens (primary N) is 1. The van der Waals surface area contributed by atoms with Gasteiger partial charge in [0.15, 0.2) is 23.5 Å². The minimum absolute atomic E-state index is 0. The van der Waals surface area contributed by atoms with E-state index >= 15 is 0 Å². The molecule has 0 aliphatic heterocycles. The smallest absolute Gasteiger partial charge is 0.467 e. The average Bonchev–Trinajstić information content (AvgIpc) is 2.87. The minimum Gasteiger partial charge on any atom is -0.467 e. The summed E-state index contributed by atoms with van der Waals surface area (Å²) < 4.78 is 33.8. The number of hydrogen-bond donors (Lipinski definition) is 2. The Kier molecular flexibility index (Phi) is 11.7. The maximum atomic E-state index is 12.1. The van der Waals surface area contributed by atoms with Gasteiger partial charge in [-0.2, -0.15) is 9.97 Å². The van der Waals surface area contributed by atoms with Gasteiger partial charge in [-0.3, -0.25) is 9.59 Å². The molecule has 0 radical (unpaired) electrons. The van der Waals surface area contributed by atoms with Gasteiger partial charge in [-0.15, -0.1) is 10.2 Å². The van der Waals surface area contributed by atoms with E-state index in [0.717, 1.165) is 4.68 Å². The second-order valence-corrected chi connectivity index (χ2v) is 9.99. The maximum Gasteiger partial charge on any atom is 1.00 e. The van der Waals surface area contributed by atoms with Crippen LogP contribution in [0.1, 0.15) is 11.6 Å². The number of carbonyl (C=O) groups is 1. The van der Waals surface area contributed by atoms with Crippen molar-refractivity contribution in [3.05, 3.63) is 84.9 Å². The number of methoxy groups -OCH3 is 1. The molecule has 0 fully saturated rings. The molecule has 198 valence electrons. The van der Waals surface area contributed by atoms with Gasteiger partial charge in [-0.1, -0.05) is 42.5 Å². The molecule has 4 rings (SSSR count). The summed E-state index contributed by atoms with van der Waals surface area (Å²) in [5.74, 6) is 6.06. The molecule has 0 spiro atoms. The molecule has 14 nitrogen and oxygen atoms in total. The predicted molar refractivity (Wildman–Crippen MR) is 146 cm³/mol. The van der Waals surface area contributed by atoms with Crippen molar-refractivity contribution < 1.29 is 47.5 Å². The Hall–Kier alpha value is -3.19. The number of hydrogen-bond acceptors (Lipinski definition) is 11. The van der Waals surface area contributed by atoms with Crippen LogP contribution in [-0.4, -0.2) is 51.4 Å². The molecule has 0 saturated carbocycles. The van der Waals surface area contributed by atoms with E-state index in [-0.39, 0.29) is 57.7 Å². The normalized spacial score (nSPS) is 10.4. The third kappa shape index (κ3) is 8.65. The molecule has 39 heavy (non-hydrogen) atoms. The topological polar surface area (TPSA) is 199 Å². The summed E-state index contributed by atoms with van der Waals surface area (Å²) in [6, 6.07) is 14.2. The van der Waals surface area contributed by atoms with E-state index in [9.17, 15) is 18.0 Å². The molecule has 2 aromatic heterocycles. The van der Waals surface area contributed by atoms with Crippen LogP contribution < -0.4 is 51.0 Å². The van der Waals surface area contributed by atoms with Gasteiger partial charge >= 0.3 is 35.6 Å². The number of carbonyl (C=O) groups excluding carboxylic acids is 1. The van der Waals surface area contributed by atoms with E-state index in [4.69, 9.17) is 10.6 Å². The van der Waals surface area contributed by atoms with Crippen LogP contribution in [0.25, 0.3) is 16.0 Å². The summed E-state index contributed by atoms with van der Waals surface area (Å²) in [6.45, 7) is 3.20. The van der Waals surface area contributed by atoms with E-state index in [0.29, 0.717) is 20.8 Å². The summed E-state index contributed by atoms with van der Waals surface area (Å²) in [4.78, 5) is 35.0. The van der Waals surface area contributed by atoms with Crippen LogP contribution in [0.2, 0.25) is 0 Å². The monoisotopic (exact) mass is 673 g/mol. The first-order chi connectivity index (χ1) is 18.0. The molecule has 0 bridgehead atoms. The molecule has 2 heterocycles. The maximum absolute atomic E-state index is 12.1. The SMILES string of the molecule is COc1nc(C)nc(NC(=O)[N-]S(=O)(=O)c2ccccc2I)n1.Cc1nnc(-c2ccccc2)c(=O)n1N.[Na+]. The first-order valence-corrected chi connectivity index (χ1v) is 13.1. The Morgan fingerprint density at radius 3 is 2.31 bits per heavy atom. The third-order valence-corrected chi connectivity index (χ3v) is 7.18. The first kappa shape index (κ1) is 32.0. The summed E-state index contributed by atoms with van der Waals surface area (Å²) in [5, 5.41) is 9.82. The summed E-state index contributed by atoms with van der Waals surface area (Å²) in [7, 11) is -2.78. The van der Waals surface area contributed by atoms with E-state index in [1.54, 1.807) is 44.2 Å². The Morgan fingerprint density at radius 2 is 1.67 bits per heavy atom. The summed E-state index contributed by atoms with van der Waals surface area (Å²) in [5.41, 5.74) is 0.645. The van der Waals surface area contributed by atoms with Crippen molar-refractivity contribution in [1.29, 1.82) is 0 Å². The van der Waals surface area contributed by atoms with E-state index in [2.05, 4.69) is 35.2 Å². The number of halogens is 1. The number of aryl methyl sites for hydroxylation is 2. The van der Waals surface area contributed by atoms with Gasteiger partial charge in [0, 0.05) is 9.13 Å². The zero-order valence-corrected chi connectivity index (χ0v) is 26.2. The number of rotatable bonds is 5. The van der Waals surface area contributed by atoms with Gasteiger partial charge in [0.05, 0.1) is 12.0 Å². The van der Waals surface area contributed by atoms with Crippen LogP contribution in [0, 0.1) is 17.4 Å². The van der Waals surface area contributed by atoms with Crippen molar-refractivity contribution >= 4 is 44.6 Å². The van der Waals surface area contributed by atoms with Crippen LogP contribution in [-0.2, 0) is 10.0 Å². The number of nitrogens with zero attached hydrogens (tertiary/aromatic N) is 7. The van der Waals surface area contributed by atoms with Crippen molar-refractivity contribution in [2.45, 2.75) is 18.7 Å². The van der Waals surface area contributed by atoms with E-state index < -0.39 is 16.1 Å². The number of anilines is 1. The number of amides is 2. The van der Waals surface area contributed by atoms with Gasteiger partial charge in [0.1, 0.15) is 5.82 Å². The molecule has 0 atom stereocenters. The molecular formula is C22H21IN9NaO5S. The van der Waals surface area contributed by atoms with Crippen LogP contribution in [0.15, 0.2) is 64.3 Å². The van der Waals surface area contributed by atoms with Crippen molar-refractivity contribution in [3.63, 3.8) is 0 Å². The number of aromatic nitrogens is 6. The number of ether oxygens (including phenoxy) is 1. The third-order valence-electron chi connectivity index (χ3n) is 4.56. The summed E-state index contributed by atoms with van der Waals surface area (Å²) in [6.07, 6.45) is 0. The fourth-order valence-corrected chi connectivity index (χ4v) is 4.94. The molecular weight excluding hydrogens is 652 g/mol. The van der Waals surface area contributed by atoms with Gasteiger partial charge in [-0.25, -0.2) is 18.1 Å². The van der Waals surface area contributed by atoms with Crippen LogP contribution >= 0.6 is 22.6 Å². The molecule has 2 aromatic carbocycles. The first-order valence-electron chi connectivity index (χ1n) is 10.6. The molecule has 0 aliphatic rings. The van der Waals surface area contributed by atoms with Gasteiger partial charge in [0.2, 0.25) is 10.0 Å². The van der Waals surface area contributed by atoms with Gasteiger partial charge in [0.25, 0.3) is 5.56 Å². The number of sulfonamides is 1. The van der Waals surface area contributed by atoms with Crippen LogP contribution in [0.4, 0.5) is 10.7 Å². The molecule has 3 N–H and O–H groups in total. The largest absolute Gasteiger partial charge is 1.00 e. The Balaban J connectivity index is 0.000000289. The zero-order valence-electron chi connectivity index (χ0n) is 21.2. The minimum atomic E-state index is -4.13. The van der Waals surface area contributed by atoms with Gasteiger partial charge < -0.3 is 20.6 Å². The number of nitrogen functional groups attached to an aromatic ring is 1. The number of benzene rings is 2. The predicted octanol–water partition coefficient (Wildman–Crippen LogP) is -0.581. The number of urea groups is 1. The molecule has 0 unspecified atom stereocenters. The molecule has 0 saturated heterocycles. The molecule has 4 aromatic rings. The number of nitrogens with one attached hydrogen (secondary N) is 1. The van der Waals surface area contributed by atoms with Crippen molar-refractivity contribution in [1.82, 2.24) is 29.8 Å². The van der Waals surface area contributed by atoms with Crippen molar-refractivity contribution in [2.24, 2.45) is 0 Å². The molecule has 17 heteroatoms. The zero-order chi connectivity index (χ0) is 27.9. The molecule has 0 aliphatic carbocycles. The van der Waals surface area contributed by atoms with Gasteiger partial charge in [-0.05, 0) is 48.6 Å². The quantitative estimate of drug-likeness (QED) is 0.156. The Bertz CT molecular complexity index is 1620. The van der Waals surface area contributed by atoms with E-state index in [1.165, 1.54) is 13.2 Å². The van der Waals surface area contributed by atoms with Crippen LogP contribution in [0.3, 0.4) is 0 Å². The van der Waals surface area contributed by atoms with E-state index in [1.807, 2.05) is 40.8 Å². The fourth-order valence-electron chi connectivity index (χ4n) is 2.79. The Morgan fingerprint density at radius 1 is 1.03 bits per heavy atom. The fraction of sp³-hybridized carbons (Fsp3) is 0.136. The molecule has 2 amide bonds. The Labute approximate surface area is 259 Å². The van der Waals surface area contributed by atoms with Crippen LogP contribution in [0.5, 0.6) is 6.01 Å². The standard InChI is InChI=1S/C12H12IN5O4S.C10H10N4O.Na/c1-7-14-10(17-12(15-7)22-2)16-11(19)18-23(20,21)9-6-4-3-5-8(9)13;1-7-12-13-9(10(15)14(7)11)8-5-3-2-4-6-8;/h3-6H,1-2H3,(H2,14,15,16,17,18,19);2-6H,11H2,1H3;/q;;+1/p-1. The summed E-state index contributed by atoms with van der Waals surface area (Å²) >= 11 is 1.85. The van der Waals surface area contributed by atoms with Crippen molar-refractivity contribution in [3.8, 4) is 17.3 Å². The van der Waals surface area contributed by atoms with Crippen molar-refractivity contribution in [2.75, 3.05) is 18.3 Å². The second kappa shape index (κ2) is 14.3. The second-order valence-electron chi connectivity index (χ2n) is 7.26.